The van der Waals surface area contributed by atoms with Gasteiger partial charge in [0, 0.05) is 24.7 Å². The molecule has 3 rings (SSSR count). The fourth-order valence-corrected chi connectivity index (χ4v) is 5.80. The molecule has 0 aliphatic rings. The summed E-state index contributed by atoms with van der Waals surface area (Å²) in [5.74, 6) is 1.59. The van der Waals surface area contributed by atoms with Crippen LogP contribution in [0.4, 0.5) is 5.69 Å². The molecule has 7 heteroatoms. The Hall–Kier alpha value is -2.38. The average Bonchev–Trinajstić information content (AvgIpc) is 3.49. The highest BCUT2D eigenvalue weighted by molar-refractivity contribution is 7.07. The summed E-state index contributed by atoms with van der Waals surface area (Å²) >= 11 is 1.68. The van der Waals surface area contributed by atoms with Crippen LogP contribution in [0.5, 0.6) is 11.5 Å². The summed E-state index contributed by atoms with van der Waals surface area (Å²) in [4.78, 5) is 14.4. The lowest BCUT2D eigenvalue weighted by molar-refractivity contribution is -0.683. The van der Waals surface area contributed by atoms with Gasteiger partial charge in [-0.2, -0.15) is 4.57 Å². The topological polar surface area (TPSA) is 42.7 Å². The van der Waals surface area contributed by atoms with Crippen molar-refractivity contribution in [3.8, 4) is 11.5 Å². The first-order valence-electron chi connectivity index (χ1n) is 15.7. The van der Waals surface area contributed by atoms with Gasteiger partial charge in [0.2, 0.25) is 11.4 Å². The van der Waals surface area contributed by atoms with E-state index in [2.05, 4.69) is 46.8 Å². The molecule has 42 heavy (non-hydrogen) atoms. The maximum absolute atomic E-state index is 12.6. The van der Waals surface area contributed by atoms with E-state index in [0.29, 0.717) is 13.2 Å². The Morgan fingerprint density at radius 3 is 2.17 bits per heavy atom. The number of methoxy groups -OCH3 is 1. The van der Waals surface area contributed by atoms with Crippen molar-refractivity contribution in [1.29, 1.82) is 0 Å². The smallest absolute Gasteiger partial charge is 0.224 e. The minimum Gasteiger partial charge on any atom is -1.00 e. The SMILES string of the molecule is CCCCCCCCCCCCCCOc1ccc(CCN(C(C)=O)c2cccc(C[n+]3ccsc3)c2)cc1OC.[Br-]. The Morgan fingerprint density at radius 1 is 0.857 bits per heavy atom. The summed E-state index contributed by atoms with van der Waals surface area (Å²) in [5.41, 5.74) is 5.32. The maximum Gasteiger partial charge on any atom is 0.224 e. The number of hydrogen-bond acceptors (Lipinski definition) is 4. The fraction of sp³-hybridized carbons (Fsp3) is 0.543. The number of thiazole rings is 1. The van der Waals surface area contributed by atoms with Gasteiger partial charge in [0.15, 0.2) is 24.2 Å². The van der Waals surface area contributed by atoms with E-state index < -0.39 is 0 Å². The summed E-state index contributed by atoms with van der Waals surface area (Å²) in [5, 5.41) is 2.07. The number of halogens is 1. The molecule has 0 aliphatic carbocycles. The van der Waals surface area contributed by atoms with E-state index in [1.807, 2.05) is 29.2 Å². The van der Waals surface area contributed by atoms with Gasteiger partial charge >= 0.3 is 0 Å². The van der Waals surface area contributed by atoms with E-state index in [4.69, 9.17) is 9.47 Å². The number of anilines is 1. The quantitative estimate of drug-likeness (QED) is 0.108. The minimum absolute atomic E-state index is 0. The highest BCUT2D eigenvalue weighted by Gasteiger charge is 2.14. The van der Waals surface area contributed by atoms with E-state index in [9.17, 15) is 4.79 Å². The minimum atomic E-state index is 0. The van der Waals surface area contributed by atoms with E-state index in [-0.39, 0.29) is 22.9 Å². The number of unbranched alkanes of at least 4 members (excludes halogenated alkanes) is 11. The van der Waals surface area contributed by atoms with Crippen molar-refractivity contribution in [1.82, 2.24) is 0 Å². The molecular weight excluding hydrogens is 608 g/mol. The molecule has 0 atom stereocenters. The Balaban J connectivity index is 0.00000616. The van der Waals surface area contributed by atoms with Crippen molar-refractivity contribution in [3.05, 3.63) is 70.7 Å². The molecule has 0 unspecified atom stereocenters. The molecule has 5 nitrogen and oxygen atoms in total. The van der Waals surface area contributed by atoms with Gasteiger partial charge in [-0.05, 0) is 42.7 Å². The van der Waals surface area contributed by atoms with Crippen LogP contribution in [-0.4, -0.2) is 26.2 Å². The zero-order chi connectivity index (χ0) is 29.1. The molecule has 1 amide bonds. The van der Waals surface area contributed by atoms with Gasteiger partial charge in [-0.3, -0.25) is 4.79 Å². The van der Waals surface area contributed by atoms with E-state index in [0.717, 1.165) is 42.1 Å². The van der Waals surface area contributed by atoms with E-state index in [1.165, 1.54) is 76.2 Å². The van der Waals surface area contributed by atoms with Crippen molar-refractivity contribution in [2.75, 3.05) is 25.2 Å². The molecule has 0 fully saturated rings. The second-order valence-electron chi connectivity index (χ2n) is 11.0. The predicted molar refractivity (Wildman–Crippen MR) is 171 cm³/mol. The van der Waals surface area contributed by atoms with Crippen molar-refractivity contribution < 1.29 is 35.8 Å². The Bertz CT molecular complexity index is 1140. The lowest BCUT2D eigenvalue weighted by Crippen LogP contribution is -3.00. The highest BCUT2D eigenvalue weighted by atomic mass is 79.9. The van der Waals surface area contributed by atoms with Crippen LogP contribution in [0.25, 0.3) is 0 Å². The average molecular weight is 660 g/mol. The monoisotopic (exact) mass is 658 g/mol. The van der Waals surface area contributed by atoms with Crippen LogP contribution in [0.1, 0.15) is 102 Å². The third-order valence-corrected chi connectivity index (χ3v) is 8.27. The number of benzene rings is 2. The Labute approximate surface area is 269 Å². The number of rotatable bonds is 21. The van der Waals surface area contributed by atoms with E-state index >= 15 is 0 Å². The molecule has 3 aromatic rings. The first-order chi connectivity index (χ1) is 20.1. The van der Waals surface area contributed by atoms with Crippen LogP contribution in [0.3, 0.4) is 0 Å². The zero-order valence-corrected chi connectivity index (χ0v) is 28.4. The number of hydrogen-bond donors (Lipinski definition) is 0. The number of ether oxygens (including phenoxy) is 2. The van der Waals surface area contributed by atoms with Gasteiger partial charge < -0.3 is 31.4 Å². The van der Waals surface area contributed by atoms with Gasteiger partial charge in [0.25, 0.3) is 0 Å². The summed E-state index contributed by atoms with van der Waals surface area (Å²) < 4.78 is 13.9. The van der Waals surface area contributed by atoms with Gasteiger partial charge in [-0.25, -0.2) is 0 Å². The van der Waals surface area contributed by atoms with Gasteiger partial charge in [-0.1, -0.05) is 107 Å². The molecular formula is C35H51BrN2O3S. The first kappa shape index (κ1) is 35.8. The molecule has 0 saturated heterocycles. The van der Waals surface area contributed by atoms with Crippen LogP contribution in [0, 0.1) is 0 Å². The number of nitrogens with zero attached hydrogens (tertiary/aromatic N) is 2. The van der Waals surface area contributed by atoms with Crippen molar-refractivity contribution in [2.45, 2.75) is 104 Å². The van der Waals surface area contributed by atoms with Gasteiger partial charge in [-0.15, -0.1) is 0 Å². The highest BCUT2D eigenvalue weighted by Crippen LogP contribution is 2.29. The van der Waals surface area contributed by atoms with Crippen LogP contribution < -0.4 is 35.9 Å². The number of carbonyl (C=O) groups excluding carboxylic acids is 1. The molecule has 2 aromatic carbocycles. The summed E-state index contributed by atoms with van der Waals surface area (Å²) in [6.07, 6.45) is 18.8. The molecule has 0 aliphatic heterocycles. The lowest BCUT2D eigenvalue weighted by Gasteiger charge is -2.22. The second kappa shape index (κ2) is 21.3. The van der Waals surface area contributed by atoms with Gasteiger partial charge in [0.05, 0.1) is 19.1 Å². The molecule has 0 spiro atoms. The number of amides is 1. The van der Waals surface area contributed by atoms with E-state index in [1.54, 1.807) is 25.4 Å². The van der Waals surface area contributed by atoms with Crippen molar-refractivity contribution in [3.63, 3.8) is 0 Å². The molecule has 0 bridgehead atoms. The summed E-state index contributed by atoms with van der Waals surface area (Å²) in [6, 6.07) is 14.4. The molecule has 0 radical (unpaired) electrons. The molecule has 1 heterocycles. The van der Waals surface area contributed by atoms with Crippen molar-refractivity contribution >= 4 is 22.9 Å². The summed E-state index contributed by atoms with van der Waals surface area (Å²) in [6.45, 7) is 6.02. The van der Waals surface area contributed by atoms with Crippen LogP contribution >= 0.6 is 11.3 Å². The zero-order valence-electron chi connectivity index (χ0n) is 26.0. The predicted octanol–water partition coefficient (Wildman–Crippen LogP) is 5.77. The Morgan fingerprint density at radius 2 is 1.55 bits per heavy atom. The number of carbonyl (C=O) groups is 1. The fourth-order valence-electron chi connectivity index (χ4n) is 5.21. The number of aromatic nitrogens is 1. The normalized spacial score (nSPS) is 10.7. The first-order valence-corrected chi connectivity index (χ1v) is 16.6. The maximum atomic E-state index is 12.6. The summed E-state index contributed by atoms with van der Waals surface area (Å²) in [7, 11) is 1.69. The Kier molecular flexibility index (Phi) is 18.2. The van der Waals surface area contributed by atoms with Crippen molar-refractivity contribution in [2.24, 2.45) is 0 Å². The third-order valence-electron chi connectivity index (χ3n) is 7.60. The lowest BCUT2D eigenvalue weighted by atomic mass is 10.1. The van der Waals surface area contributed by atoms with Crippen LogP contribution in [0.2, 0.25) is 0 Å². The van der Waals surface area contributed by atoms with Crippen LogP contribution in [0.15, 0.2) is 59.6 Å². The van der Waals surface area contributed by atoms with Crippen LogP contribution in [-0.2, 0) is 17.8 Å². The molecule has 1 aromatic heterocycles. The largest absolute Gasteiger partial charge is 1.00 e. The molecule has 0 N–H and O–H groups in total. The molecule has 0 saturated carbocycles. The van der Waals surface area contributed by atoms with Gasteiger partial charge in [0.1, 0.15) is 0 Å². The third kappa shape index (κ3) is 13.3. The second-order valence-corrected chi connectivity index (χ2v) is 11.8. The molecule has 232 valence electrons. The standard InChI is InChI=1S/C35H51N2O3S.BrH/c1-4-5-6-7-8-9-10-11-12-13-14-15-24-40-34-20-19-31(27-35(34)39-3)21-22-37(30(2)38)33-18-16-17-32(26-33)28-36-23-25-41-29-36;/h16-20,23,25-27,29H,4-15,21-22,24,28H2,1-3H3;1H/q+1;/p-1.